The van der Waals surface area contributed by atoms with Crippen LogP contribution in [0, 0.1) is 0 Å². The molecule has 4 nitrogen and oxygen atoms in total. The van der Waals surface area contributed by atoms with Crippen LogP contribution >= 0.6 is 11.6 Å². The highest BCUT2D eigenvalue weighted by Gasteiger charge is 2.10. The van der Waals surface area contributed by atoms with Gasteiger partial charge in [0.2, 0.25) is 5.95 Å². The molecule has 116 valence electrons. The molecular weight excluding hydrogens is 320 g/mol. The fourth-order valence-corrected chi connectivity index (χ4v) is 2.71. The second kappa shape index (κ2) is 6.26. The van der Waals surface area contributed by atoms with E-state index in [-0.39, 0.29) is 0 Å². The van der Waals surface area contributed by atoms with Crippen LogP contribution < -0.4 is 5.32 Å². The molecule has 0 spiro atoms. The molecular formula is C19H13ClN4. The molecule has 2 aromatic carbocycles. The van der Waals surface area contributed by atoms with Crippen molar-refractivity contribution in [2.45, 2.75) is 0 Å². The Morgan fingerprint density at radius 1 is 0.875 bits per heavy atom. The Hall–Kier alpha value is -2.98. The Morgan fingerprint density at radius 3 is 2.54 bits per heavy atom. The minimum absolute atomic E-state index is 0.525. The number of nitrogens with one attached hydrogen (secondary N) is 1. The van der Waals surface area contributed by atoms with Crippen LogP contribution in [0.5, 0.6) is 0 Å². The normalized spacial score (nSPS) is 10.7. The van der Waals surface area contributed by atoms with E-state index >= 15 is 0 Å². The van der Waals surface area contributed by atoms with E-state index in [0.717, 1.165) is 27.8 Å². The first-order chi connectivity index (χ1) is 11.8. The number of pyridine rings is 1. The monoisotopic (exact) mass is 332 g/mol. The summed E-state index contributed by atoms with van der Waals surface area (Å²) in [6.07, 6.45) is 3.46. The van der Waals surface area contributed by atoms with Gasteiger partial charge < -0.3 is 5.32 Å². The first-order valence-corrected chi connectivity index (χ1v) is 7.87. The van der Waals surface area contributed by atoms with E-state index in [4.69, 9.17) is 16.6 Å². The number of anilines is 2. The van der Waals surface area contributed by atoms with Gasteiger partial charge in [-0.25, -0.2) is 9.97 Å². The lowest BCUT2D eigenvalue weighted by molar-refractivity contribution is 1.21. The summed E-state index contributed by atoms with van der Waals surface area (Å²) in [6.45, 7) is 0. The lowest BCUT2D eigenvalue weighted by Crippen LogP contribution is -2.00. The number of rotatable bonds is 3. The molecule has 0 atom stereocenters. The van der Waals surface area contributed by atoms with Gasteiger partial charge in [0.05, 0.1) is 23.1 Å². The van der Waals surface area contributed by atoms with Crippen molar-refractivity contribution >= 4 is 34.1 Å². The number of hydrogen-bond acceptors (Lipinski definition) is 4. The predicted octanol–water partition coefficient (Wildman–Crippen LogP) is 5.09. The third kappa shape index (κ3) is 2.92. The number of nitrogens with zero attached hydrogens (tertiary/aromatic N) is 3. The van der Waals surface area contributed by atoms with Gasteiger partial charge >= 0.3 is 0 Å². The van der Waals surface area contributed by atoms with Crippen LogP contribution in [0.1, 0.15) is 0 Å². The van der Waals surface area contributed by atoms with Crippen molar-refractivity contribution in [3.8, 4) is 11.3 Å². The van der Waals surface area contributed by atoms with Crippen LogP contribution in [0.3, 0.4) is 0 Å². The number of halogens is 1. The summed E-state index contributed by atoms with van der Waals surface area (Å²) in [5, 5.41) is 4.79. The van der Waals surface area contributed by atoms with Crippen LogP contribution in [-0.4, -0.2) is 15.0 Å². The Morgan fingerprint density at radius 2 is 1.75 bits per heavy atom. The van der Waals surface area contributed by atoms with Crippen molar-refractivity contribution in [1.29, 1.82) is 0 Å². The lowest BCUT2D eigenvalue weighted by Gasteiger charge is -2.10. The van der Waals surface area contributed by atoms with Gasteiger partial charge in [0, 0.05) is 22.2 Å². The largest absolute Gasteiger partial charge is 0.323 e. The van der Waals surface area contributed by atoms with Crippen LogP contribution in [0.25, 0.3) is 22.2 Å². The Balaban J connectivity index is 1.89. The van der Waals surface area contributed by atoms with E-state index in [9.17, 15) is 0 Å². The molecule has 0 fully saturated rings. The highest BCUT2D eigenvalue weighted by Crippen LogP contribution is 2.29. The molecule has 0 aliphatic rings. The van der Waals surface area contributed by atoms with Crippen molar-refractivity contribution in [2.75, 3.05) is 5.32 Å². The summed E-state index contributed by atoms with van der Waals surface area (Å²) in [6, 6.07) is 19.4. The van der Waals surface area contributed by atoms with Crippen molar-refractivity contribution in [2.24, 2.45) is 0 Å². The van der Waals surface area contributed by atoms with Gasteiger partial charge in [0.15, 0.2) is 0 Å². The smallest absolute Gasteiger partial charge is 0.228 e. The molecule has 0 amide bonds. The average Bonchev–Trinajstić information content (AvgIpc) is 2.63. The summed E-state index contributed by atoms with van der Waals surface area (Å²) >= 11 is 6.17. The van der Waals surface area contributed by atoms with Crippen molar-refractivity contribution < 1.29 is 0 Å². The highest BCUT2D eigenvalue weighted by molar-refractivity contribution is 6.31. The van der Waals surface area contributed by atoms with Gasteiger partial charge in [-0.15, -0.1) is 0 Å². The van der Waals surface area contributed by atoms with E-state index in [1.54, 1.807) is 12.4 Å². The molecule has 5 heteroatoms. The maximum absolute atomic E-state index is 6.17. The minimum Gasteiger partial charge on any atom is -0.323 e. The Bertz CT molecular complexity index is 988. The van der Waals surface area contributed by atoms with Crippen molar-refractivity contribution in [1.82, 2.24) is 15.0 Å². The molecule has 4 aromatic rings. The second-order valence-electron chi connectivity index (χ2n) is 5.29. The third-order valence-electron chi connectivity index (χ3n) is 3.62. The van der Waals surface area contributed by atoms with E-state index in [0.29, 0.717) is 11.0 Å². The first-order valence-electron chi connectivity index (χ1n) is 7.49. The molecule has 1 N–H and O–H groups in total. The summed E-state index contributed by atoms with van der Waals surface area (Å²) in [7, 11) is 0. The van der Waals surface area contributed by atoms with Gasteiger partial charge in [0.25, 0.3) is 0 Å². The van der Waals surface area contributed by atoms with E-state index in [1.165, 1.54) is 0 Å². The molecule has 0 aliphatic heterocycles. The molecule has 0 aliphatic carbocycles. The fraction of sp³-hybridized carbons (Fsp3) is 0. The molecule has 0 saturated carbocycles. The van der Waals surface area contributed by atoms with E-state index in [1.807, 2.05) is 60.7 Å². The Labute approximate surface area is 144 Å². The van der Waals surface area contributed by atoms with Gasteiger partial charge in [0.1, 0.15) is 0 Å². The van der Waals surface area contributed by atoms with Gasteiger partial charge in [-0.3, -0.25) is 4.98 Å². The molecule has 2 aromatic heterocycles. The lowest BCUT2D eigenvalue weighted by atomic mass is 10.1. The maximum atomic E-state index is 6.17. The van der Waals surface area contributed by atoms with E-state index < -0.39 is 0 Å². The zero-order valence-electron chi connectivity index (χ0n) is 12.6. The van der Waals surface area contributed by atoms with Crippen LogP contribution in [0.4, 0.5) is 11.6 Å². The summed E-state index contributed by atoms with van der Waals surface area (Å²) in [4.78, 5) is 13.4. The quantitative estimate of drug-likeness (QED) is 0.567. The SMILES string of the molecule is Clc1ccc2nc(Nc3cccnc3)nc(-c3ccccc3)c2c1. The summed E-state index contributed by atoms with van der Waals surface area (Å²) in [5.74, 6) is 0.525. The van der Waals surface area contributed by atoms with Gasteiger partial charge in [-0.05, 0) is 30.3 Å². The molecule has 0 saturated heterocycles. The molecule has 2 heterocycles. The predicted molar refractivity (Wildman–Crippen MR) is 97.5 cm³/mol. The van der Waals surface area contributed by atoms with Crippen LogP contribution in [-0.2, 0) is 0 Å². The van der Waals surface area contributed by atoms with Crippen molar-refractivity contribution in [3.05, 3.63) is 78.1 Å². The topological polar surface area (TPSA) is 50.7 Å². The molecule has 24 heavy (non-hydrogen) atoms. The summed E-state index contributed by atoms with van der Waals surface area (Å²) < 4.78 is 0. The summed E-state index contributed by atoms with van der Waals surface area (Å²) in [5.41, 5.74) is 3.53. The van der Waals surface area contributed by atoms with Crippen LogP contribution in [0.2, 0.25) is 5.02 Å². The first kappa shape index (κ1) is 14.6. The zero-order chi connectivity index (χ0) is 16.4. The van der Waals surface area contributed by atoms with E-state index in [2.05, 4.69) is 15.3 Å². The number of aromatic nitrogens is 3. The fourth-order valence-electron chi connectivity index (χ4n) is 2.54. The number of hydrogen-bond donors (Lipinski definition) is 1. The average molecular weight is 333 g/mol. The third-order valence-corrected chi connectivity index (χ3v) is 3.86. The molecule has 0 unspecified atom stereocenters. The number of fused-ring (bicyclic) bond motifs is 1. The number of benzene rings is 2. The Kier molecular flexibility index (Phi) is 3.81. The highest BCUT2D eigenvalue weighted by atomic mass is 35.5. The van der Waals surface area contributed by atoms with Crippen LogP contribution in [0.15, 0.2) is 73.1 Å². The van der Waals surface area contributed by atoms with Crippen molar-refractivity contribution in [3.63, 3.8) is 0 Å². The maximum Gasteiger partial charge on any atom is 0.228 e. The zero-order valence-corrected chi connectivity index (χ0v) is 13.4. The minimum atomic E-state index is 0.525. The molecule has 0 bridgehead atoms. The van der Waals surface area contributed by atoms with Gasteiger partial charge in [-0.2, -0.15) is 0 Å². The molecule has 4 rings (SSSR count). The van der Waals surface area contributed by atoms with Gasteiger partial charge in [-0.1, -0.05) is 41.9 Å². The standard InChI is InChI=1S/C19H13ClN4/c20-14-8-9-17-16(11-14)18(13-5-2-1-3-6-13)24-19(23-17)22-15-7-4-10-21-12-15/h1-12H,(H,22,23,24). The molecule has 0 radical (unpaired) electrons. The second-order valence-corrected chi connectivity index (χ2v) is 5.73.